The van der Waals surface area contributed by atoms with Gasteiger partial charge in [0.05, 0.1) is 11.1 Å². The smallest absolute Gasteiger partial charge is 0.407 e. The zero-order valence-electron chi connectivity index (χ0n) is 14.6. The Morgan fingerprint density at radius 3 is 2.65 bits per heavy atom. The van der Waals surface area contributed by atoms with Crippen LogP contribution >= 0.6 is 15.9 Å². The van der Waals surface area contributed by atoms with E-state index in [1.54, 1.807) is 0 Å². The van der Waals surface area contributed by atoms with Gasteiger partial charge in [-0.25, -0.2) is 9.78 Å². The number of nitrogens with zero attached hydrogens (tertiary/aromatic N) is 3. The number of pyridine rings is 1. The molecule has 138 valence electrons. The Labute approximate surface area is 159 Å². The van der Waals surface area contributed by atoms with E-state index in [1.807, 2.05) is 42.6 Å². The maximum atomic E-state index is 12.9. The normalized spacial score (nSPS) is 25.0. The number of rotatable bonds is 3. The van der Waals surface area contributed by atoms with Gasteiger partial charge in [0.2, 0.25) is 5.91 Å². The molecule has 1 aliphatic heterocycles. The Morgan fingerprint density at radius 1 is 1.31 bits per heavy atom. The van der Waals surface area contributed by atoms with Crippen molar-refractivity contribution in [3.8, 4) is 0 Å². The van der Waals surface area contributed by atoms with Gasteiger partial charge in [0.1, 0.15) is 10.4 Å². The number of hydrogen-bond donors (Lipinski definition) is 2. The van der Waals surface area contributed by atoms with Crippen LogP contribution in [0.1, 0.15) is 26.1 Å². The second-order valence-corrected chi connectivity index (χ2v) is 8.52. The number of carboxylic acid groups (broad SMARTS) is 1. The molecule has 2 aliphatic rings. The molecule has 3 heterocycles. The van der Waals surface area contributed by atoms with Gasteiger partial charge in [0, 0.05) is 25.2 Å². The number of carbonyl (C=O) groups is 2. The maximum absolute atomic E-state index is 12.9. The number of carbonyl (C=O) groups excluding carboxylic acids is 1. The maximum Gasteiger partial charge on any atom is 0.407 e. The molecule has 1 saturated heterocycles. The summed E-state index contributed by atoms with van der Waals surface area (Å²) < 4.78 is 2.71. The van der Waals surface area contributed by atoms with Gasteiger partial charge in [0.25, 0.3) is 0 Å². The van der Waals surface area contributed by atoms with Gasteiger partial charge in [-0.05, 0) is 60.2 Å². The van der Waals surface area contributed by atoms with Crippen molar-refractivity contribution in [2.45, 2.75) is 25.8 Å². The first-order valence-electron chi connectivity index (χ1n) is 8.71. The van der Waals surface area contributed by atoms with E-state index < -0.39 is 11.6 Å². The lowest BCUT2D eigenvalue weighted by molar-refractivity contribution is -0.142. The van der Waals surface area contributed by atoms with Gasteiger partial charge in [-0.15, -0.1) is 0 Å². The molecule has 26 heavy (non-hydrogen) atoms. The second kappa shape index (κ2) is 5.97. The molecule has 0 aromatic carbocycles. The van der Waals surface area contributed by atoms with E-state index in [0.717, 1.165) is 22.4 Å². The number of halogens is 1. The molecule has 2 N–H and O–H groups in total. The molecule has 2 aromatic heterocycles. The summed E-state index contributed by atoms with van der Waals surface area (Å²) in [5.41, 5.74) is 0.298. The van der Waals surface area contributed by atoms with Gasteiger partial charge >= 0.3 is 6.09 Å². The quantitative estimate of drug-likeness (QED) is 0.798. The van der Waals surface area contributed by atoms with Crippen LogP contribution < -0.4 is 5.32 Å². The summed E-state index contributed by atoms with van der Waals surface area (Å²) in [6, 6.07) is 5.84. The topological polar surface area (TPSA) is 86.9 Å². The molecule has 2 bridgehead atoms. The standard InChI is InChI=1S/C18H21BrN4O3/c1-18(2,16-20-14(19)12-5-3-4-6-23(12)16)21-15(24)13-10-7-11(13)9-22(8-10)17(25)26/h3-6,10-11,13H,7-9H2,1-2H3,(H,21,24)(H,25,26)/t10-,11+,13+. The zero-order chi connectivity index (χ0) is 18.6. The van der Waals surface area contributed by atoms with E-state index >= 15 is 0 Å². The highest BCUT2D eigenvalue weighted by Gasteiger charge is 2.52. The van der Waals surface area contributed by atoms with Crippen LogP contribution in [0.2, 0.25) is 0 Å². The monoisotopic (exact) mass is 420 g/mol. The van der Waals surface area contributed by atoms with E-state index in [4.69, 9.17) is 5.11 Å². The third-order valence-corrected chi connectivity index (χ3v) is 6.19. The number of imidazole rings is 1. The van der Waals surface area contributed by atoms with Crippen LogP contribution in [0.3, 0.4) is 0 Å². The largest absolute Gasteiger partial charge is 0.465 e. The summed E-state index contributed by atoms with van der Waals surface area (Å²) in [7, 11) is 0. The third-order valence-electron chi connectivity index (χ3n) is 5.60. The number of nitrogens with one attached hydrogen (secondary N) is 1. The molecular formula is C18H21BrN4O3. The van der Waals surface area contributed by atoms with Gasteiger partial charge in [-0.1, -0.05) is 6.07 Å². The number of fused-ring (bicyclic) bond motifs is 3. The van der Waals surface area contributed by atoms with Gasteiger partial charge in [-0.2, -0.15) is 0 Å². The lowest BCUT2D eigenvalue weighted by Gasteiger charge is -2.52. The summed E-state index contributed by atoms with van der Waals surface area (Å²) in [4.78, 5) is 30.1. The summed E-state index contributed by atoms with van der Waals surface area (Å²) in [5.74, 6) is 0.864. The number of piperidine rings is 2. The summed E-state index contributed by atoms with van der Waals surface area (Å²) >= 11 is 3.48. The summed E-state index contributed by atoms with van der Waals surface area (Å²) in [6.07, 6.45) is 1.96. The molecule has 0 radical (unpaired) electrons. The van der Waals surface area contributed by atoms with Crippen molar-refractivity contribution >= 4 is 33.4 Å². The number of aromatic nitrogens is 2. The molecule has 0 spiro atoms. The number of likely N-dealkylation sites (tertiary alicyclic amines) is 1. The Hall–Kier alpha value is -2.09. The second-order valence-electron chi connectivity index (χ2n) is 7.77. The average molecular weight is 421 g/mol. The van der Waals surface area contributed by atoms with E-state index in [-0.39, 0.29) is 23.7 Å². The minimum absolute atomic E-state index is 0.00917. The average Bonchev–Trinajstić information content (AvgIpc) is 2.92. The fourth-order valence-electron chi connectivity index (χ4n) is 4.36. The number of hydrogen-bond acceptors (Lipinski definition) is 3. The fraction of sp³-hybridized carbons (Fsp3) is 0.500. The molecule has 2 fully saturated rings. The van der Waals surface area contributed by atoms with E-state index in [1.165, 1.54) is 4.90 Å². The summed E-state index contributed by atoms with van der Waals surface area (Å²) in [6.45, 7) is 4.78. The van der Waals surface area contributed by atoms with Crippen LogP contribution in [0.5, 0.6) is 0 Å². The van der Waals surface area contributed by atoms with Crippen molar-refractivity contribution in [2.24, 2.45) is 17.8 Å². The van der Waals surface area contributed by atoms with Crippen molar-refractivity contribution in [2.75, 3.05) is 13.1 Å². The Kier molecular flexibility index (Phi) is 3.98. The zero-order valence-corrected chi connectivity index (χ0v) is 16.2. The van der Waals surface area contributed by atoms with Crippen molar-refractivity contribution < 1.29 is 14.7 Å². The van der Waals surface area contributed by atoms with Crippen LogP contribution in [-0.2, 0) is 10.3 Å². The Bertz CT molecular complexity index is 882. The van der Waals surface area contributed by atoms with Crippen LogP contribution in [0.4, 0.5) is 4.79 Å². The first kappa shape index (κ1) is 17.3. The molecule has 0 unspecified atom stereocenters. The predicted octanol–water partition coefficient (Wildman–Crippen LogP) is 2.69. The molecular weight excluding hydrogens is 400 g/mol. The van der Waals surface area contributed by atoms with Gasteiger partial charge in [-0.3, -0.25) is 4.79 Å². The van der Waals surface area contributed by atoms with Crippen LogP contribution in [-0.4, -0.2) is 44.5 Å². The minimum Gasteiger partial charge on any atom is -0.465 e. The van der Waals surface area contributed by atoms with Crippen LogP contribution in [0.25, 0.3) is 5.52 Å². The first-order chi connectivity index (χ1) is 12.3. The molecule has 4 rings (SSSR count). The molecule has 8 heteroatoms. The first-order valence-corrected chi connectivity index (χ1v) is 9.50. The highest BCUT2D eigenvalue weighted by molar-refractivity contribution is 9.10. The Balaban J connectivity index is 1.53. The molecule has 3 atom stereocenters. The SMILES string of the molecule is CC(C)(NC(=O)[C@H]1[C@@H]2C[C@H]1CN(C(=O)O)C2)c1nc(Br)c2ccccn12. The number of amides is 2. The van der Waals surface area contributed by atoms with E-state index in [0.29, 0.717) is 13.1 Å². The predicted molar refractivity (Wildman–Crippen MR) is 98.7 cm³/mol. The molecule has 2 amide bonds. The third kappa shape index (κ3) is 2.67. The van der Waals surface area contributed by atoms with Gasteiger partial charge in [0.15, 0.2) is 0 Å². The lowest BCUT2D eigenvalue weighted by atomic mass is 9.61. The van der Waals surface area contributed by atoms with E-state index in [2.05, 4.69) is 26.2 Å². The lowest BCUT2D eigenvalue weighted by Crippen LogP contribution is -2.62. The van der Waals surface area contributed by atoms with E-state index in [9.17, 15) is 9.59 Å². The van der Waals surface area contributed by atoms with Crippen molar-refractivity contribution in [3.05, 3.63) is 34.8 Å². The summed E-state index contributed by atoms with van der Waals surface area (Å²) in [5, 5.41) is 12.3. The molecule has 1 aliphatic carbocycles. The minimum atomic E-state index is -0.896. The molecule has 7 nitrogen and oxygen atoms in total. The molecule has 2 aromatic rings. The van der Waals surface area contributed by atoms with Crippen molar-refractivity contribution in [1.29, 1.82) is 0 Å². The van der Waals surface area contributed by atoms with Crippen molar-refractivity contribution in [1.82, 2.24) is 19.6 Å². The fourth-order valence-corrected chi connectivity index (χ4v) is 4.85. The highest BCUT2D eigenvalue weighted by Crippen LogP contribution is 2.46. The van der Waals surface area contributed by atoms with Gasteiger partial charge < -0.3 is 19.7 Å². The van der Waals surface area contributed by atoms with Crippen LogP contribution in [0, 0.1) is 17.8 Å². The van der Waals surface area contributed by atoms with Crippen molar-refractivity contribution in [3.63, 3.8) is 0 Å². The molecule has 1 saturated carbocycles. The van der Waals surface area contributed by atoms with Crippen LogP contribution in [0.15, 0.2) is 29.0 Å². The Morgan fingerprint density at radius 2 is 2.00 bits per heavy atom. The highest BCUT2D eigenvalue weighted by atomic mass is 79.9.